The standard InChI is InChI=1S/C26H23F5N6O5/c1-12(26(29,30)31)33-13-8-17(27)20(18(28)9-13)22(38)34-19(24(40)41)10-14-4-5-15(21-32-6-7-37(14)21)16-11-35(2)25(42)36(3)23(16)39/h4-9,11-12,19,33H,10H2,1-3H3,(H,34,38)(H,40,41). The smallest absolute Gasteiger partial charge is 0.408 e. The first-order chi connectivity index (χ1) is 19.6. The summed E-state index contributed by atoms with van der Waals surface area (Å²) in [6.07, 6.45) is -0.920. The molecule has 0 radical (unpaired) electrons. The number of pyridine rings is 1. The van der Waals surface area contributed by atoms with Crippen LogP contribution >= 0.6 is 0 Å². The second kappa shape index (κ2) is 11.1. The molecule has 1 amide bonds. The number of hydrogen-bond donors (Lipinski definition) is 3. The van der Waals surface area contributed by atoms with Gasteiger partial charge < -0.3 is 24.7 Å². The zero-order chi connectivity index (χ0) is 31.1. The van der Waals surface area contributed by atoms with Crippen molar-refractivity contribution in [3.8, 4) is 11.1 Å². The van der Waals surface area contributed by atoms with Crippen molar-refractivity contribution in [2.75, 3.05) is 5.32 Å². The summed E-state index contributed by atoms with van der Waals surface area (Å²) < 4.78 is 71.2. The van der Waals surface area contributed by atoms with Crippen molar-refractivity contribution in [2.24, 2.45) is 14.1 Å². The van der Waals surface area contributed by atoms with E-state index >= 15 is 0 Å². The lowest BCUT2D eigenvalue weighted by Crippen LogP contribution is -2.43. The lowest BCUT2D eigenvalue weighted by molar-refractivity contribution is -0.139. The number of carbonyl (C=O) groups excluding carboxylic acids is 1. The van der Waals surface area contributed by atoms with E-state index < -0.39 is 70.7 Å². The Morgan fingerprint density at radius 3 is 2.31 bits per heavy atom. The van der Waals surface area contributed by atoms with E-state index in [1.807, 2.05) is 10.6 Å². The van der Waals surface area contributed by atoms with Gasteiger partial charge in [-0.05, 0) is 31.2 Å². The molecule has 0 aliphatic heterocycles. The van der Waals surface area contributed by atoms with E-state index in [0.717, 1.165) is 11.5 Å². The minimum atomic E-state index is -4.70. The minimum Gasteiger partial charge on any atom is -0.480 e. The molecule has 2 unspecified atom stereocenters. The van der Waals surface area contributed by atoms with Gasteiger partial charge in [0.1, 0.15) is 34.9 Å². The van der Waals surface area contributed by atoms with Gasteiger partial charge in [0.15, 0.2) is 0 Å². The first-order valence-corrected chi connectivity index (χ1v) is 12.2. The maximum atomic E-state index is 14.6. The Morgan fingerprint density at radius 2 is 1.71 bits per heavy atom. The third-order valence-electron chi connectivity index (χ3n) is 6.53. The van der Waals surface area contributed by atoms with Crippen LogP contribution in [0.15, 0.2) is 52.4 Å². The van der Waals surface area contributed by atoms with E-state index in [1.165, 1.54) is 53.8 Å². The van der Waals surface area contributed by atoms with Crippen LogP contribution in [0.5, 0.6) is 0 Å². The van der Waals surface area contributed by atoms with Gasteiger partial charge in [0.25, 0.3) is 11.5 Å². The average Bonchev–Trinajstić information content (AvgIpc) is 3.39. The number of aromatic nitrogens is 4. The van der Waals surface area contributed by atoms with E-state index in [0.29, 0.717) is 17.7 Å². The minimum absolute atomic E-state index is 0.138. The number of imidazole rings is 1. The summed E-state index contributed by atoms with van der Waals surface area (Å²) in [5.41, 5.74) is -1.92. The van der Waals surface area contributed by atoms with E-state index in [4.69, 9.17) is 0 Å². The molecule has 3 N–H and O–H groups in total. The number of carboxylic acid groups (broad SMARTS) is 1. The lowest BCUT2D eigenvalue weighted by atomic mass is 10.1. The Balaban J connectivity index is 1.63. The van der Waals surface area contributed by atoms with Gasteiger partial charge in [-0.1, -0.05) is 0 Å². The topological polar surface area (TPSA) is 140 Å². The molecule has 4 rings (SSSR count). The number of carboxylic acids is 1. The van der Waals surface area contributed by atoms with Crippen LogP contribution in [0.3, 0.4) is 0 Å². The molecule has 0 saturated heterocycles. The summed E-state index contributed by atoms with van der Waals surface area (Å²) in [7, 11) is 2.77. The Hall–Kier alpha value is -5.02. The van der Waals surface area contributed by atoms with Gasteiger partial charge in [-0.25, -0.2) is 23.4 Å². The fourth-order valence-electron chi connectivity index (χ4n) is 4.28. The van der Waals surface area contributed by atoms with Crippen LogP contribution in [0.1, 0.15) is 23.0 Å². The molecule has 2 atom stereocenters. The fraction of sp³-hybridized carbons (Fsp3) is 0.269. The van der Waals surface area contributed by atoms with E-state index in [9.17, 15) is 46.2 Å². The van der Waals surface area contributed by atoms with Crippen molar-refractivity contribution in [1.29, 1.82) is 0 Å². The number of benzene rings is 1. The third-order valence-corrected chi connectivity index (χ3v) is 6.53. The van der Waals surface area contributed by atoms with Crippen LogP contribution in [-0.4, -0.2) is 53.8 Å². The van der Waals surface area contributed by atoms with Crippen molar-refractivity contribution >= 4 is 23.2 Å². The van der Waals surface area contributed by atoms with Crippen LogP contribution < -0.4 is 21.9 Å². The second-order valence-electron chi connectivity index (χ2n) is 9.45. The highest BCUT2D eigenvalue weighted by Crippen LogP contribution is 2.26. The fourth-order valence-corrected chi connectivity index (χ4v) is 4.28. The first kappa shape index (κ1) is 30.0. The molecule has 3 heterocycles. The van der Waals surface area contributed by atoms with Crippen LogP contribution in [0.4, 0.5) is 27.6 Å². The number of halogens is 5. The molecular weight excluding hydrogens is 571 g/mol. The number of alkyl halides is 3. The largest absolute Gasteiger partial charge is 0.480 e. The van der Waals surface area contributed by atoms with Crippen molar-refractivity contribution in [3.05, 3.63) is 86.6 Å². The second-order valence-corrected chi connectivity index (χ2v) is 9.45. The summed E-state index contributed by atoms with van der Waals surface area (Å²) >= 11 is 0. The number of nitrogens with zero attached hydrogens (tertiary/aromatic N) is 4. The monoisotopic (exact) mass is 594 g/mol. The SMILES string of the molecule is CC(Nc1cc(F)c(C(=O)NC(Cc2ccc(-c3cn(C)c(=O)n(C)c3=O)c3nccn23)C(=O)O)c(F)c1)C(F)(F)F. The van der Waals surface area contributed by atoms with E-state index in [1.54, 1.807) is 0 Å². The molecular formula is C26H23F5N6O5. The van der Waals surface area contributed by atoms with Gasteiger partial charge in [-0.2, -0.15) is 13.2 Å². The molecule has 16 heteroatoms. The maximum absolute atomic E-state index is 14.6. The molecule has 0 bridgehead atoms. The number of fused-ring (bicyclic) bond motifs is 1. The number of anilines is 1. The lowest BCUT2D eigenvalue weighted by Gasteiger charge is -2.19. The molecule has 42 heavy (non-hydrogen) atoms. The third kappa shape index (κ3) is 5.73. The molecule has 1 aromatic carbocycles. The number of hydrogen-bond acceptors (Lipinski definition) is 6. The first-order valence-electron chi connectivity index (χ1n) is 12.2. The quantitative estimate of drug-likeness (QED) is 0.267. The van der Waals surface area contributed by atoms with Crippen LogP contribution in [0.25, 0.3) is 16.8 Å². The Kier molecular flexibility index (Phi) is 7.91. The van der Waals surface area contributed by atoms with Gasteiger partial charge in [-0.15, -0.1) is 0 Å². The summed E-state index contributed by atoms with van der Waals surface area (Å²) in [4.78, 5) is 53.8. The highest BCUT2D eigenvalue weighted by atomic mass is 19.4. The van der Waals surface area contributed by atoms with Crippen molar-refractivity contribution in [2.45, 2.75) is 31.6 Å². The summed E-state index contributed by atoms with van der Waals surface area (Å²) in [5.74, 6) is -6.01. The Morgan fingerprint density at radius 1 is 1.07 bits per heavy atom. The number of rotatable bonds is 8. The Bertz CT molecular complexity index is 1800. The van der Waals surface area contributed by atoms with Crippen molar-refractivity contribution in [1.82, 2.24) is 23.8 Å². The van der Waals surface area contributed by atoms with Crippen LogP contribution in [-0.2, 0) is 25.3 Å². The highest BCUT2D eigenvalue weighted by molar-refractivity contribution is 5.97. The predicted molar refractivity (Wildman–Crippen MR) is 139 cm³/mol. The molecule has 0 aliphatic carbocycles. The molecule has 0 aliphatic rings. The number of nitrogens with one attached hydrogen (secondary N) is 2. The molecule has 4 aromatic rings. The van der Waals surface area contributed by atoms with Gasteiger partial charge >= 0.3 is 17.8 Å². The molecule has 0 spiro atoms. The van der Waals surface area contributed by atoms with Crippen LogP contribution in [0.2, 0.25) is 0 Å². The molecule has 0 saturated carbocycles. The summed E-state index contributed by atoms with van der Waals surface area (Å²) in [5, 5.41) is 13.7. The number of aliphatic carboxylic acids is 1. The maximum Gasteiger partial charge on any atom is 0.408 e. The Labute approximate surface area is 232 Å². The molecule has 11 nitrogen and oxygen atoms in total. The summed E-state index contributed by atoms with van der Waals surface area (Å²) in [6, 6.07) is 0.0740. The summed E-state index contributed by atoms with van der Waals surface area (Å²) in [6.45, 7) is 0.736. The zero-order valence-corrected chi connectivity index (χ0v) is 22.2. The predicted octanol–water partition coefficient (Wildman–Crippen LogP) is 2.47. The van der Waals surface area contributed by atoms with Crippen molar-refractivity contribution in [3.63, 3.8) is 0 Å². The van der Waals surface area contributed by atoms with E-state index in [-0.39, 0.29) is 16.9 Å². The van der Waals surface area contributed by atoms with Crippen LogP contribution in [0, 0.1) is 11.6 Å². The average molecular weight is 594 g/mol. The molecule has 0 fully saturated rings. The normalized spacial score (nSPS) is 13.1. The number of amides is 1. The number of carbonyl (C=O) groups is 2. The highest BCUT2D eigenvalue weighted by Gasteiger charge is 2.36. The molecule has 222 valence electrons. The zero-order valence-electron chi connectivity index (χ0n) is 22.2. The van der Waals surface area contributed by atoms with E-state index in [2.05, 4.69) is 4.98 Å². The number of aryl methyl sites for hydroxylation is 1. The van der Waals surface area contributed by atoms with Crippen molar-refractivity contribution < 1.29 is 36.6 Å². The molecule has 3 aromatic heterocycles. The van der Waals surface area contributed by atoms with Gasteiger partial charge in [0, 0.05) is 56.1 Å². The van der Waals surface area contributed by atoms with Gasteiger partial charge in [-0.3, -0.25) is 14.2 Å². The van der Waals surface area contributed by atoms with Gasteiger partial charge in [0.2, 0.25) is 0 Å². The van der Waals surface area contributed by atoms with Gasteiger partial charge in [0.05, 0.1) is 5.56 Å².